The van der Waals surface area contributed by atoms with Crippen LogP contribution in [-0.4, -0.2) is 17.2 Å². The Morgan fingerprint density at radius 3 is 0.698 bits per heavy atom. The van der Waals surface area contributed by atoms with Gasteiger partial charge in [-0.15, -0.1) is 0 Å². The highest BCUT2D eigenvalue weighted by atomic mass is 16.4. The Morgan fingerprint density at radius 2 is 0.491 bits per heavy atom. The van der Waals surface area contributed by atoms with E-state index in [4.69, 9.17) is 10.0 Å². The molecule has 0 unspecified atom stereocenters. The zero-order chi connectivity index (χ0) is 82.1. The van der Waals surface area contributed by atoms with Crippen molar-refractivity contribution < 1.29 is 10.0 Å². The van der Waals surface area contributed by atoms with E-state index in [2.05, 4.69) is 419 Å². The fourth-order valence-electron chi connectivity index (χ4n) is 14.8. The average molecular weight is 1520 g/mol. The molecule has 586 valence electrons. The van der Waals surface area contributed by atoms with Crippen molar-refractivity contribution >= 4 is 75.4 Å². The molecule has 1 fully saturated rings. The summed E-state index contributed by atoms with van der Waals surface area (Å²) in [6.45, 7) is 23.8. The first-order valence-electron chi connectivity index (χ1n) is 42.0. The van der Waals surface area contributed by atoms with Crippen molar-refractivity contribution in [2.24, 2.45) is 5.92 Å². The third-order valence-electron chi connectivity index (χ3n) is 20.6. The lowest BCUT2D eigenvalue weighted by molar-refractivity contribution is 0.426. The summed E-state index contributed by atoms with van der Waals surface area (Å²) in [5.41, 5.74) is 33.3. The molecule has 0 radical (unpaired) electrons. The van der Waals surface area contributed by atoms with E-state index in [1.165, 1.54) is 153 Å². The van der Waals surface area contributed by atoms with Crippen LogP contribution < -0.4 is 5.46 Å². The van der Waals surface area contributed by atoms with Crippen molar-refractivity contribution in [1.82, 2.24) is 0 Å². The molecule has 116 heavy (non-hydrogen) atoms. The van der Waals surface area contributed by atoms with Crippen LogP contribution in [0.2, 0.25) is 0 Å². The number of hydrogen-bond donors (Lipinski definition) is 2. The molecule has 1 aliphatic rings. The first kappa shape index (κ1) is 88.0. The van der Waals surface area contributed by atoms with Gasteiger partial charge in [0.05, 0.1) is 0 Å². The molecule has 1 saturated carbocycles. The summed E-state index contributed by atoms with van der Waals surface area (Å²) in [7, 11) is -1.37. The summed E-state index contributed by atoms with van der Waals surface area (Å²) >= 11 is 0. The third kappa shape index (κ3) is 26.0. The molecule has 2 atom stereocenters. The maximum absolute atomic E-state index is 8.78. The van der Waals surface area contributed by atoms with Crippen molar-refractivity contribution in [1.29, 1.82) is 0 Å². The molecule has 2 nitrogen and oxygen atoms in total. The molecule has 0 bridgehead atoms. The average Bonchev–Trinajstić information content (AvgIpc) is 1.44. The summed E-state index contributed by atoms with van der Waals surface area (Å²) in [5.74, 6) is 1.62. The molecule has 0 amide bonds. The maximum atomic E-state index is 8.78. The number of allylic oxidation sites excluding steroid dienone is 7. The quantitative estimate of drug-likeness (QED) is 0.0495. The van der Waals surface area contributed by atoms with Gasteiger partial charge in [-0.25, -0.2) is 0 Å². The van der Waals surface area contributed by atoms with Crippen molar-refractivity contribution in [3.05, 3.63) is 477 Å². The molecule has 0 heterocycles. The number of hydrogen-bond acceptors (Lipinski definition) is 2. The molecule has 0 aromatic heterocycles. The molecular weight excluding hydrogens is 1400 g/mol. The van der Waals surface area contributed by atoms with Crippen LogP contribution in [0.1, 0.15) is 222 Å². The van der Waals surface area contributed by atoms with Crippen LogP contribution in [0.4, 0.5) is 0 Å². The molecule has 0 spiro atoms. The van der Waals surface area contributed by atoms with Gasteiger partial charge in [0.15, 0.2) is 0 Å². The van der Waals surface area contributed by atoms with E-state index in [9.17, 15) is 0 Å². The van der Waals surface area contributed by atoms with Gasteiger partial charge >= 0.3 is 7.12 Å². The Morgan fingerprint density at radius 1 is 0.284 bits per heavy atom. The first-order chi connectivity index (χ1) is 56.9. The minimum Gasteiger partial charge on any atom is -0.423 e. The van der Waals surface area contributed by atoms with Crippen molar-refractivity contribution in [2.75, 3.05) is 0 Å². The molecule has 13 aromatic carbocycles. The van der Waals surface area contributed by atoms with Gasteiger partial charge in [-0.05, 0) is 216 Å². The monoisotopic (exact) mass is 1520 g/mol. The van der Waals surface area contributed by atoms with Gasteiger partial charge in [0.1, 0.15) is 0 Å². The van der Waals surface area contributed by atoms with Crippen LogP contribution in [0.15, 0.2) is 382 Å². The zero-order valence-electron chi connectivity index (χ0n) is 70.4. The Labute approximate surface area is 697 Å². The summed E-state index contributed by atoms with van der Waals surface area (Å²) in [4.78, 5) is 0. The standard InChI is InChI=1S/C26H26.C25H26.2C25H24.C9H11BO2.C3H8/c1-3-24(20-10-6-4-7-11-20)26(22-12-8-5-9-13-22)23-16-14-21(15-17-23)25-18-19(25)2;3*1-3-11-20-16-18-23(19-17-20)25(22-14-9-6-10-15-22)24(4-2)21-12-7-5-8-13-21;1-2-3-8-4-6-9(7-5-8)10(11)12;1-3-2/h4-17,19,25H,3,18H2,1-2H3;5-10,12-19H,3-4,11H2,1-2H3;2*3,5-19H,4H2,1-2H3;2-7,11-12H,1H3;3H2,1-2H3/b26-24-;25-24-;2*11-3+,25-24-;3-2+;/t19-,25-;;;;;/m0...../s1. The van der Waals surface area contributed by atoms with Crippen LogP contribution in [0.5, 0.6) is 0 Å². The molecule has 2 N–H and O–H groups in total. The van der Waals surface area contributed by atoms with Gasteiger partial charge in [-0.1, -0.05) is 469 Å². The fourth-order valence-corrected chi connectivity index (χ4v) is 14.8. The molecule has 0 saturated heterocycles. The second kappa shape index (κ2) is 48.3. The van der Waals surface area contributed by atoms with Gasteiger partial charge < -0.3 is 10.0 Å². The van der Waals surface area contributed by atoms with Crippen molar-refractivity contribution in [3.8, 4) is 0 Å². The Bertz CT molecular complexity index is 5040. The lowest BCUT2D eigenvalue weighted by Gasteiger charge is -2.16. The van der Waals surface area contributed by atoms with E-state index in [-0.39, 0.29) is 0 Å². The van der Waals surface area contributed by atoms with Crippen LogP contribution >= 0.6 is 0 Å². The molecule has 14 rings (SSSR count). The van der Waals surface area contributed by atoms with E-state index in [1.54, 1.807) is 12.1 Å². The lowest BCUT2D eigenvalue weighted by atomic mass is 9.80. The fraction of sp³-hybridized carbons (Fsp3) is 0.186. The maximum Gasteiger partial charge on any atom is 0.488 e. The highest BCUT2D eigenvalue weighted by Crippen LogP contribution is 2.47. The highest BCUT2D eigenvalue weighted by Gasteiger charge is 2.34. The van der Waals surface area contributed by atoms with Crippen LogP contribution in [0, 0.1) is 5.92 Å². The highest BCUT2D eigenvalue weighted by molar-refractivity contribution is 6.58. The number of benzene rings is 13. The number of aryl methyl sites for hydroxylation is 1. The van der Waals surface area contributed by atoms with Gasteiger partial charge in [0.2, 0.25) is 0 Å². The predicted molar refractivity (Wildman–Crippen MR) is 509 cm³/mol. The van der Waals surface area contributed by atoms with Crippen LogP contribution in [0.25, 0.3) is 62.8 Å². The second-order valence-corrected chi connectivity index (χ2v) is 29.1. The van der Waals surface area contributed by atoms with Gasteiger partial charge in [0.25, 0.3) is 0 Å². The third-order valence-corrected chi connectivity index (χ3v) is 20.6. The summed E-state index contributed by atoms with van der Waals surface area (Å²) in [5, 5.41) is 17.6. The molecule has 13 aromatic rings. The topological polar surface area (TPSA) is 40.5 Å². The SMILES string of the molecule is C/C=C/c1ccc(/C(=C(/CC)c2ccccc2)c2ccccc2)cc1.C/C=C/c1ccc(/C(=C(/CC)c2ccccc2)c2ccccc2)cc1.C/C=C/c1ccc(B(O)O)cc1.CC/C(=C(\c1ccccc1)c1ccc([C@H]2C[C@@H]2C)cc1)c1ccccc1.CCC.CCCc1ccc(/C(=C(/CC)c2ccccc2)c2ccccc2)cc1. The summed E-state index contributed by atoms with van der Waals surface area (Å²) < 4.78 is 0. The van der Waals surface area contributed by atoms with E-state index in [1.807, 2.05) is 45.1 Å². The van der Waals surface area contributed by atoms with Crippen LogP contribution in [-0.2, 0) is 6.42 Å². The second-order valence-electron chi connectivity index (χ2n) is 29.1. The molecule has 1 aliphatic carbocycles. The predicted octanol–water partition coefficient (Wildman–Crippen LogP) is 30.2. The Hall–Kier alpha value is -12.0. The summed E-state index contributed by atoms with van der Waals surface area (Å²) in [6, 6.07) is 129. The van der Waals surface area contributed by atoms with E-state index in [0.717, 1.165) is 49.5 Å². The molecular formula is C113H119BO2. The first-order valence-corrected chi connectivity index (χ1v) is 42.0. The smallest absolute Gasteiger partial charge is 0.423 e. The van der Waals surface area contributed by atoms with Crippen molar-refractivity contribution in [3.63, 3.8) is 0 Å². The van der Waals surface area contributed by atoms with E-state index >= 15 is 0 Å². The number of rotatable bonds is 23. The Kier molecular flexibility index (Phi) is 36.6. The zero-order valence-corrected chi connectivity index (χ0v) is 70.4. The molecule has 3 heteroatoms. The van der Waals surface area contributed by atoms with Gasteiger partial charge in [-0.3, -0.25) is 0 Å². The normalized spacial score (nSPS) is 13.5. The summed E-state index contributed by atoms with van der Waals surface area (Å²) in [6.07, 6.45) is 21.2. The Balaban J connectivity index is 0.000000167. The minimum atomic E-state index is -1.37. The minimum absolute atomic E-state index is 0.517. The van der Waals surface area contributed by atoms with Gasteiger partial charge in [0, 0.05) is 0 Å². The largest absolute Gasteiger partial charge is 0.488 e. The van der Waals surface area contributed by atoms with E-state index < -0.39 is 7.12 Å². The molecule has 0 aliphatic heterocycles. The van der Waals surface area contributed by atoms with E-state index in [0.29, 0.717) is 5.46 Å². The van der Waals surface area contributed by atoms with Gasteiger partial charge in [-0.2, -0.15) is 0 Å². The lowest BCUT2D eigenvalue weighted by Crippen LogP contribution is -2.29. The van der Waals surface area contributed by atoms with Crippen LogP contribution in [0.3, 0.4) is 0 Å². The van der Waals surface area contributed by atoms with Crippen molar-refractivity contribution in [2.45, 2.75) is 133 Å².